The number of nitrogens with zero attached hydrogens (tertiary/aromatic N) is 1. The number of benzene rings is 3. The van der Waals surface area contributed by atoms with E-state index in [1.165, 1.54) is 0 Å². The first-order valence-electron chi connectivity index (χ1n) is 9.58. The highest BCUT2D eigenvalue weighted by molar-refractivity contribution is 9.10. The number of hydrogen-bond acceptors (Lipinski definition) is 3. The van der Waals surface area contributed by atoms with Crippen molar-refractivity contribution in [3.63, 3.8) is 0 Å². The standard InChI is InChI=1S/C23H20BrCl2N3O/c24-16-8-9-22(30-14-17-18(25)4-3-5-19(17)26)15(12-16)13-27-11-10-23-28-20-6-1-2-7-21(20)29-23/h1-9,12,27H,10-11,13-14H2,(H,28,29). The van der Waals surface area contributed by atoms with Crippen molar-refractivity contribution >= 4 is 50.2 Å². The Morgan fingerprint density at radius 2 is 1.80 bits per heavy atom. The Morgan fingerprint density at radius 3 is 2.60 bits per heavy atom. The molecule has 0 spiro atoms. The number of halogens is 3. The van der Waals surface area contributed by atoms with Gasteiger partial charge in [-0.2, -0.15) is 0 Å². The molecule has 0 amide bonds. The monoisotopic (exact) mass is 503 g/mol. The van der Waals surface area contributed by atoms with Gasteiger partial charge in [-0.15, -0.1) is 0 Å². The third-order valence-electron chi connectivity index (χ3n) is 4.75. The number of hydrogen-bond donors (Lipinski definition) is 2. The molecule has 0 aliphatic heterocycles. The summed E-state index contributed by atoms with van der Waals surface area (Å²) in [6.07, 6.45) is 0.814. The van der Waals surface area contributed by atoms with E-state index in [1.807, 2.05) is 54.6 Å². The zero-order valence-electron chi connectivity index (χ0n) is 16.1. The van der Waals surface area contributed by atoms with Crippen molar-refractivity contribution in [2.24, 2.45) is 0 Å². The predicted octanol–water partition coefficient (Wildman–Crippen LogP) is 6.54. The Morgan fingerprint density at radius 1 is 1.00 bits per heavy atom. The third-order valence-corrected chi connectivity index (χ3v) is 5.95. The van der Waals surface area contributed by atoms with E-state index in [4.69, 9.17) is 27.9 Å². The molecule has 7 heteroatoms. The maximum absolute atomic E-state index is 6.26. The van der Waals surface area contributed by atoms with Gasteiger partial charge in [0.15, 0.2) is 0 Å². The van der Waals surface area contributed by atoms with Crippen LogP contribution < -0.4 is 10.1 Å². The van der Waals surface area contributed by atoms with Crippen LogP contribution in [0.25, 0.3) is 11.0 Å². The van der Waals surface area contributed by atoms with Crippen molar-refractivity contribution in [1.29, 1.82) is 0 Å². The number of H-pyrrole nitrogens is 1. The molecule has 30 heavy (non-hydrogen) atoms. The van der Waals surface area contributed by atoms with Crippen LogP contribution in [0.15, 0.2) is 65.1 Å². The Bertz CT molecular complexity index is 1110. The van der Waals surface area contributed by atoms with Gasteiger partial charge in [-0.25, -0.2) is 4.98 Å². The van der Waals surface area contributed by atoms with Gasteiger partial charge >= 0.3 is 0 Å². The Balaban J connectivity index is 1.37. The molecule has 0 bridgehead atoms. The number of ether oxygens (including phenoxy) is 1. The number of para-hydroxylation sites is 2. The number of imidazole rings is 1. The average molecular weight is 505 g/mol. The maximum atomic E-state index is 6.26. The number of nitrogens with one attached hydrogen (secondary N) is 2. The molecule has 0 radical (unpaired) electrons. The van der Waals surface area contributed by atoms with E-state index in [0.717, 1.165) is 51.2 Å². The molecular formula is C23H20BrCl2N3O. The highest BCUT2D eigenvalue weighted by Crippen LogP contribution is 2.28. The lowest BCUT2D eigenvalue weighted by Gasteiger charge is -2.14. The van der Waals surface area contributed by atoms with Crippen LogP contribution in [0.2, 0.25) is 10.0 Å². The van der Waals surface area contributed by atoms with Crippen molar-refractivity contribution in [3.8, 4) is 5.75 Å². The van der Waals surface area contributed by atoms with Gasteiger partial charge in [0.25, 0.3) is 0 Å². The highest BCUT2D eigenvalue weighted by atomic mass is 79.9. The van der Waals surface area contributed by atoms with E-state index >= 15 is 0 Å². The molecule has 4 rings (SSSR count). The number of fused-ring (bicyclic) bond motifs is 1. The summed E-state index contributed by atoms with van der Waals surface area (Å²) in [6.45, 7) is 1.78. The number of rotatable bonds is 8. The highest BCUT2D eigenvalue weighted by Gasteiger charge is 2.10. The van der Waals surface area contributed by atoms with Gasteiger partial charge in [-0.1, -0.05) is 57.3 Å². The second kappa shape index (κ2) is 9.84. The van der Waals surface area contributed by atoms with Crippen LogP contribution >= 0.6 is 39.1 Å². The van der Waals surface area contributed by atoms with Gasteiger partial charge in [-0.05, 0) is 42.5 Å². The Labute approximate surface area is 193 Å². The second-order valence-electron chi connectivity index (χ2n) is 6.87. The maximum Gasteiger partial charge on any atom is 0.124 e. The molecule has 0 fully saturated rings. The quantitative estimate of drug-likeness (QED) is 0.268. The lowest BCUT2D eigenvalue weighted by Crippen LogP contribution is -2.18. The van der Waals surface area contributed by atoms with E-state index in [2.05, 4.69) is 37.3 Å². The summed E-state index contributed by atoms with van der Waals surface area (Å²) >= 11 is 16.1. The van der Waals surface area contributed by atoms with Gasteiger partial charge in [0.2, 0.25) is 0 Å². The van der Waals surface area contributed by atoms with E-state index in [1.54, 1.807) is 0 Å². The average Bonchev–Trinajstić information content (AvgIpc) is 3.15. The SMILES string of the molecule is Clc1cccc(Cl)c1COc1ccc(Br)cc1CNCCc1nc2ccccc2[nH]1. The minimum absolute atomic E-state index is 0.312. The summed E-state index contributed by atoms with van der Waals surface area (Å²) in [5.74, 6) is 1.77. The van der Waals surface area contributed by atoms with Crippen LogP contribution in [0.1, 0.15) is 17.0 Å². The molecule has 4 nitrogen and oxygen atoms in total. The fourth-order valence-corrected chi connectivity index (χ4v) is 4.12. The summed E-state index contributed by atoms with van der Waals surface area (Å²) in [7, 11) is 0. The molecule has 2 N–H and O–H groups in total. The topological polar surface area (TPSA) is 49.9 Å². The molecule has 3 aromatic carbocycles. The minimum Gasteiger partial charge on any atom is -0.488 e. The second-order valence-corrected chi connectivity index (χ2v) is 8.60. The first-order valence-corrected chi connectivity index (χ1v) is 11.1. The molecule has 1 heterocycles. The van der Waals surface area contributed by atoms with Crippen LogP contribution in [0.3, 0.4) is 0 Å². The van der Waals surface area contributed by atoms with Crippen molar-refractivity contribution < 1.29 is 4.74 Å². The van der Waals surface area contributed by atoms with Crippen LogP contribution in [-0.4, -0.2) is 16.5 Å². The zero-order chi connectivity index (χ0) is 20.9. The van der Waals surface area contributed by atoms with Crippen molar-refractivity contribution in [2.45, 2.75) is 19.6 Å². The van der Waals surface area contributed by atoms with E-state index < -0.39 is 0 Å². The molecule has 154 valence electrons. The summed E-state index contributed by atoms with van der Waals surface area (Å²) in [5, 5.41) is 4.67. The van der Waals surface area contributed by atoms with Gasteiger partial charge in [0, 0.05) is 45.2 Å². The summed E-state index contributed by atoms with van der Waals surface area (Å²) in [4.78, 5) is 7.97. The van der Waals surface area contributed by atoms with Crippen LogP contribution in [0.4, 0.5) is 0 Å². The number of aromatic amines is 1. The normalized spacial score (nSPS) is 11.2. The first kappa shape index (κ1) is 21.2. The molecule has 0 atom stereocenters. The van der Waals surface area contributed by atoms with Crippen molar-refractivity contribution in [2.75, 3.05) is 6.54 Å². The van der Waals surface area contributed by atoms with Crippen molar-refractivity contribution in [1.82, 2.24) is 15.3 Å². The predicted molar refractivity (Wildman–Crippen MR) is 126 cm³/mol. The van der Waals surface area contributed by atoms with Gasteiger partial charge in [-0.3, -0.25) is 0 Å². The van der Waals surface area contributed by atoms with Crippen molar-refractivity contribution in [3.05, 3.63) is 92.1 Å². The number of aromatic nitrogens is 2. The largest absolute Gasteiger partial charge is 0.488 e. The molecule has 1 aromatic heterocycles. The fourth-order valence-electron chi connectivity index (χ4n) is 3.20. The molecule has 0 saturated carbocycles. The van der Waals surface area contributed by atoms with Crippen LogP contribution in [0.5, 0.6) is 5.75 Å². The minimum atomic E-state index is 0.312. The van der Waals surface area contributed by atoms with Crippen LogP contribution in [0, 0.1) is 0 Å². The van der Waals surface area contributed by atoms with E-state index in [-0.39, 0.29) is 0 Å². The van der Waals surface area contributed by atoms with Gasteiger partial charge in [0.1, 0.15) is 18.2 Å². The third kappa shape index (κ3) is 5.16. The van der Waals surface area contributed by atoms with Gasteiger partial charge < -0.3 is 15.0 Å². The lowest BCUT2D eigenvalue weighted by molar-refractivity contribution is 0.302. The fraction of sp³-hybridized carbons (Fsp3) is 0.174. The lowest BCUT2D eigenvalue weighted by atomic mass is 10.2. The Hall–Kier alpha value is -2.05. The molecule has 0 unspecified atom stereocenters. The molecule has 0 aliphatic rings. The smallest absolute Gasteiger partial charge is 0.124 e. The van der Waals surface area contributed by atoms with E-state index in [0.29, 0.717) is 23.2 Å². The van der Waals surface area contributed by atoms with Crippen LogP contribution in [-0.2, 0) is 19.6 Å². The summed E-state index contributed by atoms with van der Waals surface area (Å²) < 4.78 is 7.05. The Kier molecular flexibility index (Phi) is 6.95. The van der Waals surface area contributed by atoms with Gasteiger partial charge in [0.05, 0.1) is 11.0 Å². The van der Waals surface area contributed by atoms with E-state index in [9.17, 15) is 0 Å². The zero-order valence-corrected chi connectivity index (χ0v) is 19.2. The first-order chi connectivity index (χ1) is 14.6. The molecule has 0 aliphatic carbocycles. The molecule has 0 saturated heterocycles. The summed E-state index contributed by atoms with van der Waals surface area (Å²) in [6, 6.07) is 19.5. The molecule has 4 aromatic rings. The summed E-state index contributed by atoms with van der Waals surface area (Å²) in [5.41, 5.74) is 3.89. The molecular weight excluding hydrogens is 485 g/mol.